The minimum atomic E-state index is -0.518. The second kappa shape index (κ2) is 6.39. The van der Waals surface area contributed by atoms with Gasteiger partial charge < -0.3 is 9.47 Å². The summed E-state index contributed by atoms with van der Waals surface area (Å²) in [7, 11) is 1.55. The fourth-order valence-corrected chi connectivity index (χ4v) is 2.13. The Bertz CT molecular complexity index is 458. The molecule has 0 N–H and O–H groups in total. The van der Waals surface area contributed by atoms with Crippen molar-refractivity contribution in [3.05, 3.63) is 11.9 Å². The van der Waals surface area contributed by atoms with Gasteiger partial charge in [0.15, 0.2) is 5.75 Å². The average Bonchev–Trinajstić information content (AvgIpc) is 2.77. The van der Waals surface area contributed by atoms with E-state index in [0.717, 1.165) is 0 Å². The smallest absolute Gasteiger partial charge is 0.213 e. The molecule has 1 rings (SSSR count). The van der Waals surface area contributed by atoms with Gasteiger partial charge in [-0.2, -0.15) is 5.10 Å². The summed E-state index contributed by atoms with van der Waals surface area (Å²) in [5.41, 5.74) is 0.195. The number of methoxy groups -OCH3 is 1. The topological polar surface area (TPSA) is 53.4 Å². The number of nitrogens with zero attached hydrogens (tertiary/aromatic N) is 2. The van der Waals surface area contributed by atoms with Crippen molar-refractivity contribution in [3.8, 4) is 5.75 Å². The van der Waals surface area contributed by atoms with Gasteiger partial charge in [-0.25, -0.2) is 0 Å². The maximum atomic E-state index is 12.9. The molecule has 1 atom stereocenters. The fourth-order valence-electron chi connectivity index (χ4n) is 2.13. The number of ether oxygens (including phenoxy) is 2. The van der Waals surface area contributed by atoms with Crippen molar-refractivity contribution >= 4 is 5.78 Å². The van der Waals surface area contributed by atoms with Crippen LogP contribution in [0.2, 0.25) is 0 Å². The summed E-state index contributed by atoms with van der Waals surface area (Å²) in [6.07, 6.45) is 1.06. The summed E-state index contributed by atoms with van der Waals surface area (Å²) in [6, 6.07) is 0.0834. The second-order valence-corrected chi connectivity index (χ2v) is 6.17. The molecule has 0 amide bonds. The van der Waals surface area contributed by atoms with Gasteiger partial charge in [0.2, 0.25) is 5.78 Å². The minimum Gasteiger partial charge on any atom is -0.493 e. The Morgan fingerprint density at radius 3 is 2.40 bits per heavy atom. The fraction of sp³-hybridized carbons (Fsp3) is 0.733. The van der Waals surface area contributed by atoms with Crippen molar-refractivity contribution in [1.29, 1.82) is 0 Å². The summed E-state index contributed by atoms with van der Waals surface area (Å²) < 4.78 is 12.7. The Kier molecular flexibility index (Phi) is 5.34. The Morgan fingerprint density at radius 1 is 1.40 bits per heavy atom. The second-order valence-electron chi connectivity index (χ2n) is 6.17. The first-order chi connectivity index (χ1) is 9.23. The van der Waals surface area contributed by atoms with E-state index < -0.39 is 6.10 Å². The maximum Gasteiger partial charge on any atom is 0.213 e. The van der Waals surface area contributed by atoms with Crippen LogP contribution in [0.1, 0.15) is 58.1 Å². The van der Waals surface area contributed by atoms with Gasteiger partial charge in [0.25, 0.3) is 0 Å². The van der Waals surface area contributed by atoms with Gasteiger partial charge >= 0.3 is 0 Å². The van der Waals surface area contributed by atoms with Crippen molar-refractivity contribution in [2.75, 3.05) is 13.7 Å². The average molecular weight is 282 g/mol. The van der Waals surface area contributed by atoms with Crippen LogP contribution in [-0.2, 0) is 4.74 Å². The Labute approximate surface area is 121 Å². The van der Waals surface area contributed by atoms with E-state index in [1.807, 2.05) is 41.5 Å². The number of carbonyl (C=O) groups excluding carboxylic acids is 1. The minimum absolute atomic E-state index is 0.0811. The van der Waals surface area contributed by atoms with Crippen molar-refractivity contribution < 1.29 is 14.3 Å². The zero-order valence-electron chi connectivity index (χ0n) is 13.6. The molecule has 0 saturated carbocycles. The van der Waals surface area contributed by atoms with Crippen LogP contribution in [0.3, 0.4) is 0 Å². The van der Waals surface area contributed by atoms with Crippen LogP contribution in [-0.4, -0.2) is 35.4 Å². The van der Waals surface area contributed by atoms with Gasteiger partial charge in [-0.15, -0.1) is 0 Å². The molecule has 1 heterocycles. The molecule has 0 fully saturated rings. The molecule has 0 spiro atoms. The summed E-state index contributed by atoms with van der Waals surface area (Å²) >= 11 is 0. The molecule has 0 aliphatic heterocycles. The third-order valence-electron chi connectivity index (χ3n) is 3.06. The zero-order chi connectivity index (χ0) is 15.5. The van der Waals surface area contributed by atoms with Crippen LogP contribution in [0, 0.1) is 5.41 Å². The lowest BCUT2D eigenvalue weighted by molar-refractivity contribution is -0.00119. The van der Waals surface area contributed by atoms with Gasteiger partial charge in [0.05, 0.1) is 13.3 Å². The monoisotopic (exact) mass is 282 g/mol. The first-order valence-corrected chi connectivity index (χ1v) is 7.01. The third kappa shape index (κ3) is 3.39. The lowest BCUT2D eigenvalue weighted by Gasteiger charge is -2.29. The Hall–Kier alpha value is -1.36. The van der Waals surface area contributed by atoms with E-state index >= 15 is 0 Å². The molecule has 5 nitrogen and oxygen atoms in total. The van der Waals surface area contributed by atoms with Gasteiger partial charge in [-0.05, 0) is 26.2 Å². The summed E-state index contributed by atoms with van der Waals surface area (Å²) in [5.74, 6) is 0.417. The van der Waals surface area contributed by atoms with Crippen LogP contribution >= 0.6 is 0 Å². The highest BCUT2D eigenvalue weighted by molar-refractivity contribution is 6.00. The molecule has 0 radical (unpaired) electrons. The van der Waals surface area contributed by atoms with E-state index in [2.05, 4.69) is 5.10 Å². The number of carbonyl (C=O) groups is 1. The van der Waals surface area contributed by atoms with Crippen LogP contribution in [0.25, 0.3) is 0 Å². The van der Waals surface area contributed by atoms with Crippen LogP contribution in [0.5, 0.6) is 5.75 Å². The quantitative estimate of drug-likeness (QED) is 0.752. The number of rotatable bonds is 6. The number of aromatic nitrogens is 2. The first-order valence-electron chi connectivity index (χ1n) is 7.01. The lowest BCUT2D eigenvalue weighted by Crippen LogP contribution is -2.38. The van der Waals surface area contributed by atoms with Gasteiger partial charge in [-0.3, -0.25) is 9.48 Å². The van der Waals surface area contributed by atoms with E-state index in [9.17, 15) is 4.79 Å². The molecule has 114 valence electrons. The molecule has 20 heavy (non-hydrogen) atoms. The molecule has 0 aliphatic carbocycles. The van der Waals surface area contributed by atoms with Crippen LogP contribution < -0.4 is 4.74 Å². The van der Waals surface area contributed by atoms with Crippen molar-refractivity contribution in [3.63, 3.8) is 0 Å². The van der Waals surface area contributed by atoms with Gasteiger partial charge in [0, 0.05) is 12.6 Å². The normalized spacial score (nSPS) is 13.6. The number of Topliss-reactive ketones (excluding diaryl/α,β-unsaturated/α-hetero) is 1. The largest absolute Gasteiger partial charge is 0.493 e. The number of hydrogen-bond donors (Lipinski definition) is 0. The Morgan fingerprint density at radius 2 is 2.00 bits per heavy atom. The van der Waals surface area contributed by atoms with Crippen molar-refractivity contribution in [1.82, 2.24) is 9.78 Å². The highest BCUT2D eigenvalue weighted by Gasteiger charge is 2.36. The third-order valence-corrected chi connectivity index (χ3v) is 3.06. The van der Waals surface area contributed by atoms with Gasteiger partial charge in [-0.1, -0.05) is 20.8 Å². The van der Waals surface area contributed by atoms with Crippen LogP contribution in [0.15, 0.2) is 6.20 Å². The van der Waals surface area contributed by atoms with Crippen molar-refractivity contribution in [2.45, 2.75) is 53.7 Å². The van der Waals surface area contributed by atoms with Crippen LogP contribution in [0.4, 0.5) is 0 Å². The standard InChI is InChI=1S/C15H26N2O3/c1-8-20-14(15(4,5)6)13(18)12-11(19-7)9-16-17(12)10(2)3/h9-10,14H,8H2,1-7H3. The van der Waals surface area contributed by atoms with Crippen molar-refractivity contribution in [2.24, 2.45) is 5.41 Å². The molecule has 1 unspecified atom stereocenters. The molecule has 5 heteroatoms. The van der Waals surface area contributed by atoms with E-state index in [1.165, 1.54) is 0 Å². The van der Waals surface area contributed by atoms with E-state index in [-0.39, 0.29) is 17.2 Å². The van der Waals surface area contributed by atoms with E-state index in [1.54, 1.807) is 18.0 Å². The molecule has 0 aliphatic rings. The van der Waals surface area contributed by atoms with E-state index in [4.69, 9.17) is 9.47 Å². The lowest BCUT2D eigenvalue weighted by atomic mass is 9.85. The molecular formula is C15H26N2O3. The molecule has 0 aromatic carbocycles. The maximum absolute atomic E-state index is 12.9. The first kappa shape index (κ1) is 16.7. The van der Waals surface area contributed by atoms with E-state index in [0.29, 0.717) is 18.1 Å². The zero-order valence-corrected chi connectivity index (χ0v) is 13.6. The molecule has 0 bridgehead atoms. The molecule has 0 saturated heterocycles. The summed E-state index contributed by atoms with van der Waals surface area (Å²) in [6.45, 7) is 12.3. The summed E-state index contributed by atoms with van der Waals surface area (Å²) in [5, 5.41) is 4.25. The number of ketones is 1. The molecule has 1 aromatic heterocycles. The van der Waals surface area contributed by atoms with Gasteiger partial charge in [0.1, 0.15) is 11.8 Å². The predicted octanol–water partition coefficient (Wildman–Crippen LogP) is 3.11. The summed E-state index contributed by atoms with van der Waals surface area (Å²) in [4.78, 5) is 12.9. The predicted molar refractivity (Wildman–Crippen MR) is 78.4 cm³/mol. The highest BCUT2D eigenvalue weighted by Crippen LogP contribution is 2.30. The highest BCUT2D eigenvalue weighted by atomic mass is 16.5. The molecule has 1 aromatic rings. The number of hydrogen-bond acceptors (Lipinski definition) is 4. The molecular weight excluding hydrogens is 256 g/mol. The Balaban J connectivity index is 3.27. The SMILES string of the molecule is CCOC(C(=O)c1c(OC)cnn1C(C)C)C(C)(C)C.